The topological polar surface area (TPSA) is 76.6 Å². The van der Waals surface area contributed by atoms with Crippen molar-refractivity contribution in [3.8, 4) is 0 Å². The molecule has 0 unspecified atom stereocenters. The van der Waals surface area contributed by atoms with E-state index in [4.69, 9.17) is 16.3 Å². The molecule has 4 rings (SSSR count). The maximum absolute atomic E-state index is 13.1. The summed E-state index contributed by atoms with van der Waals surface area (Å²) in [5.74, 6) is -0.587. The van der Waals surface area contributed by atoms with E-state index in [-0.39, 0.29) is 18.5 Å². The number of pyridine rings is 1. The summed E-state index contributed by atoms with van der Waals surface area (Å²) in [6, 6.07) is 8.92. The van der Waals surface area contributed by atoms with Crippen molar-refractivity contribution in [1.29, 1.82) is 0 Å². The average molecular weight is 449 g/mol. The highest BCUT2D eigenvalue weighted by molar-refractivity contribution is 7.89. The molecule has 6 nitrogen and oxygen atoms in total. The van der Waals surface area contributed by atoms with E-state index in [1.807, 2.05) is 12.1 Å². The monoisotopic (exact) mass is 448 g/mol. The number of ether oxygens (including phenoxy) is 1. The van der Waals surface area contributed by atoms with Crippen LogP contribution in [0.25, 0.3) is 0 Å². The normalized spacial score (nSPS) is 18.0. The van der Waals surface area contributed by atoms with Gasteiger partial charge in [0.25, 0.3) is 0 Å². The number of esters is 1. The number of hydrogen-bond donors (Lipinski definition) is 0. The molecule has 160 valence electrons. The van der Waals surface area contributed by atoms with Gasteiger partial charge in [0.15, 0.2) is 0 Å². The zero-order chi connectivity index (χ0) is 21.1. The van der Waals surface area contributed by atoms with Gasteiger partial charge in [-0.05, 0) is 67.9 Å². The van der Waals surface area contributed by atoms with Crippen molar-refractivity contribution in [2.75, 3.05) is 13.1 Å². The van der Waals surface area contributed by atoms with Crippen molar-refractivity contribution in [3.05, 3.63) is 58.4 Å². The molecule has 2 aliphatic rings. The number of hydrogen-bond acceptors (Lipinski definition) is 5. The molecular weight excluding hydrogens is 424 g/mol. The van der Waals surface area contributed by atoms with Gasteiger partial charge in [0, 0.05) is 24.8 Å². The van der Waals surface area contributed by atoms with Crippen molar-refractivity contribution in [1.82, 2.24) is 9.29 Å². The fourth-order valence-electron chi connectivity index (χ4n) is 4.12. The first-order valence-corrected chi connectivity index (χ1v) is 12.1. The van der Waals surface area contributed by atoms with Crippen LogP contribution in [0, 0.1) is 5.92 Å². The van der Waals surface area contributed by atoms with Crippen LogP contribution in [0.15, 0.2) is 41.4 Å². The van der Waals surface area contributed by atoms with Crippen LogP contribution in [-0.2, 0) is 39.0 Å². The first kappa shape index (κ1) is 21.3. The van der Waals surface area contributed by atoms with Gasteiger partial charge in [-0.15, -0.1) is 0 Å². The Bertz CT molecular complexity index is 1020. The van der Waals surface area contributed by atoms with Crippen LogP contribution in [0.4, 0.5) is 0 Å². The third-order valence-electron chi connectivity index (χ3n) is 5.91. The van der Waals surface area contributed by atoms with Crippen LogP contribution in [0.5, 0.6) is 0 Å². The Morgan fingerprint density at radius 2 is 1.83 bits per heavy atom. The quantitative estimate of drug-likeness (QED) is 0.514. The molecule has 8 heteroatoms. The number of nitrogens with zero attached hydrogens (tertiary/aromatic N) is 2. The lowest BCUT2D eigenvalue weighted by Gasteiger charge is -2.30. The summed E-state index contributed by atoms with van der Waals surface area (Å²) in [5.41, 5.74) is 3.18. The number of benzene rings is 1. The highest BCUT2D eigenvalue weighted by Gasteiger charge is 2.33. The number of aromatic nitrogens is 1. The Morgan fingerprint density at radius 1 is 1.10 bits per heavy atom. The molecule has 0 bridgehead atoms. The van der Waals surface area contributed by atoms with Gasteiger partial charge in [-0.1, -0.05) is 23.7 Å². The van der Waals surface area contributed by atoms with Crippen LogP contribution < -0.4 is 0 Å². The zero-order valence-corrected chi connectivity index (χ0v) is 18.3. The fourth-order valence-corrected chi connectivity index (χ4v) is 5.75. The standard InChI is InChI=1S/C22H25ClN2O4S/c23-21-8-5-16(14-24-21)15-29-22(26)18-9-11-25(12-10-18)30(27,28)20-7-6-17-3-1-2-4-19(17)13-20/h5-8,13-14,18H,1-4,9-12,15H2. The summed E-state index contributed by atoms with van der Waals surface area (Å²) in [4.78, 5) is 16.7. The molecule has 1 aliphatic carbocycles. The van der Waals surface area contributed by atoms with Crippen molar-refractivity contribution in [3.63, 3.8) is 0 Å². The maximum Gasteiger partial charge on any atom is 0.309 e. The Hall–Kier alpha value is -1.96. The van der Waals surface area contributed by atoms with Crippen molar-refractivity contribution in [2.24, 2.45) is 5.92 Å². The zero-order valence-electron chi connectivity index (χ0n) is 16.7. The number of carbonyl (C=O) groups excluding carboxylic acids is 1. The molecule has 1 saturated heterocycles. The van der Waals surface area contributed by atoms with Crippen molar-refractivity contribution < 1.29 is 17.9 Å². The van der Waals surface area contributed by atoms with Gasteiger partial charge in [-0.2, -0.15) is 4.31 Å². The van der Waals surface area contributed by atoms with Crippen LogP contribution in [0.1, 0.15) is 42.4 Å². The smallest absolute Gasteiger partial charge is 0.309 e. The second-order valence-electron chi connectivity index (χ2n) is 7.91. The molecule has 0 radical (unpaired) electrons. The SMILES string of the molecule is O=C(OCc1ccc(Cl)nc1)C1CCN(S(=O)(=O)c2ccc3c(c2)CCCC3)CC1. The Kier molecular flexibility index (Phi) is 6.41. The van der Waals surface area contributed by atoms with Gasteiger partial charge in [0.05, 0.1) is 10.8 Å². The van der Waals surface area contributed by atoms with Crippen LogP contribution in [0.3, 0.4) is 0 Å². The average Bonchev–Trinajstić information content (AvgIpc) is 2.78. The number of halogens is 1. The maximum atomic E-state index is 13.1. The summed E-state index contributed by atoms with van der Waals surface area (Å²) in [6.45, 7) is 0.778. The molecule has 2 heterocycles. The Balaban J connectivity index is 1.34. The van der Waals surface area contributed by atoms with E-state index in [1.54, 1.807) is 24.4 Å². The summed E-state index contributed by atoms with van der Waals surface area (Å²) in [7, 11) is -3.54. The van der Waals surface area contributed by atoms with E-state index < -0.39 is 10.0 Å². The largest absolute Gasteiger partial charge is 0.461 e. The van der Waals surface area contributed by atoms with Crippen molar-refractivity contribution >= 4 is 27.6 Å². The summed E-state index contributed by atoms with van der Waals surface area (Å²) in [6.07, 6.45) is 6.73. The van der Waals surface area contributed by atoms with E-state index in [2.05, 4.69) is 4.98 Å². The van der Waals surface area contributed by atoms with E-state index in [0.29, 0.717) is 36.0 Å². The second kappa shape index (κ2) is 9.04. The lowest BCUT2D eigenvalue weighted by molar-refractivity contribution is -0.151. The van der Waals surface area contributed by atoms with E-state index in [9.17, 15) is 13.2 Å². The van der Waals surface area contributed by atoms with Gasteiger partial charge < -0.3 is 4.74 Å². The molecule has 1 fully saturated rings. The Morgan fingerprint density at radius 3 is 2.53 bits per heavy atom. The van der Waals surface area contributed by atoms with Crippen LogP contribution in [-0.4, -0.2) is 36.8 Å². The minimum atomic E-state index is -3.54. The molecule has 0 atom stereocenters. The summed E-state index contributed by atoms with van der Waals surface area (Å²) < 4.78 is 33.0. The predicted molar refractivity (Wildman–Crippen MR) is 114 cm³/mol. The summed E-state index contributed by atoms with van der Waals surface area (Å²) >= 11 is 5.75. The van der Waals surface area contributed by atoms with Gasteiger partial charge in [-0.3, -0.25) is 4.79 Å². The third-order valence-corrected chi connectivity index (χ3v) is 8.03. The lowest BCUT2D eigenvalue weighted by atomic mass is 9.92. The number of sulfonamides is 1. The number of fused-ring (bicyclic) bond motifs is 1. The summed E-state index contributed by atoms with van der Waals surface area (Å²) in [5, 5.41) is 0.387. The van der Waals surface area contributed by atoms with Gasteiger partial charge >= 0.3 is 5.97 Å². The number of rotatable bonds is 5. The molecule has 1 aromatic carbocycles. The highest BCUT2D eigenvalue weighted by Crippen LogP contribution is 2.28. The number of piperidine rings is 1. The Labute approximate surface area is 182 Å². The van der Waals surface area contributed by atoms with Crippen LogP contribution >= 0.6 is 11.6 Å². The lowest BCUT2D eigenvalue weighted by Crippen LogP contribution is -2.40. The third kappa shape index (κ3) is 4.68. The first-order valence-electron chi connectivity index (χ1n) is 10.3. The first-order chi connectivity index (χ1) is 14.4. The molecule has 0 amide bonds. The molecule has 0 saturated carbocycles. The van der Waals surface area contributed by atoms with E-state index in [1.165, 1.54) is 9.87 Å². The number of carbonyl (C=O) groups is 1. The molecule has 1 aromatic heterocycles. The van der Waals surface area contributed by atoms with Gasteiger partial charge in [-0.25, -0.2) is 13.4 Å². The predicted octanol–water partition coefficient (Wildman–Crippen LogP) is 3.76. The fraction of sp³-hybridized carbons (Fsp3) is 0.455. The molecular formula is C22H25ClN2O4S. The molecule has 1 aliphatic heterocycles. The minimum Gasteiger partial charge on any atom is -0.461 e. The molecule has 2 aromatic rings. The van der Waals surface area contributed by atoms with E-state index >= 15 is 0 Å². The molecule has 30 heavy (non-hydrogen) atoms. The molecule has 0 N–H and O–H groups in total. The van der Waals surface area contributed by atoms with Gasteiger partial charge in [0.2, 0.25) is 10.0 Å². The minimum absolute atomic E-state index is 0.136. The second-order valence-corrected chi connectivity index (χ2v) is 10.2. The van der Waals surface area contributed by atoms with Crippen LogP contribution in [0.2, 0.25) is 5.15 Å². The number of aryl methyl sites for hydroxylation is 2. The van der Waals surface area contributed by atoms with E-state index in [0.717, 1.165) is 36.8 Å². The van der Waals surface area contributed by atoms with Gasteiger partial charge in [0.1, 0.15) is 11.8 Å². The highest BCUT2D eigenvalue weighted by atomic mass is 35.5. The molecule has 0 spiro atoms. The van der Waals surface area contributed by atoms with Crippen molar-refractivity contribution in [2.45, 2.75) is 50.0 Å².